The topological polar surface area (TPSA) is 66.8 Å². The van der Waals surface area contributed by atoms with Gasteiger partial charge in [0.25, 0.3) is 5.91 Å². The lowest BCUT2D eigenvalue weighted by Gasteiger charge is -2.14. The zero-order valence-corrected chi connectivity index (χ0v) is 15.5. The van der Waals surface area contributed by atoms with Crippen molar-refractivity contribution in [2.24, 2.45) is 0 Å². The summed E-state index contributed by atoms with van der Waals surface area (Å²) in [7, 11) is 1.77. The summed E-state index contributed by atoms with van der Waals surface area (Å²) in [6.07, 6.45) is 5.94. The van der Waals surface area contributed by atoms with Gasteiger partial charge in [0.05, 0.1) is 11.9 Å². The van der Waals surface area contributed by atoms with Crippen LogP contribution < -0.4 is 0 Å². The van der Waals surface area contributed by atoms with Gasteiger partial charge >= 0.3 is 0 Å². The maximum Gasteiger partial charge on any atom is 0.274 e. The molecule has 1 N–H and O–H groups in total. The van der Waals surface area contributed by atoms with Crippen LogP contribution in [0.15, 0.2) is 42.7 Å². The fraction of sp³-hybridized carbons (Fsp3) is 0.316. The van der Waals surface area contributed by atoms with E-state index in [1.54, 1.807) is 22.8 Å². The van der Waals surface area contributed by atoms with E-state index in [1.807, 2.05) is 36.5 Å². The summed E-state index contributed by atoms with van der Waals surface area (Å²) in [4.78, 5) is 14.3. The van der Waals surface area contributed by atoms with Gasteiger partial charge in [-0.1, -0.05) is 24.6 Å². The zero-order valence-electron chi connectivity index (χ0n) is 14.7. The Labute approximate surface area is 156 Å². The smallest absolute Gasteiger partial charge is 0.274 e. The number of hydrogen-bond donors (Lipinski definition) is 1. The van der Waals surface area contributed by atoms with Gasteiger partial charge in [-0.15, -0.1) is 0 Å². The lowest BCUT2D eigenvalue weighted by Crippen LogP contribution is -2.26. The lowest BCUT2D eigenvalue weighted by molar-refractivity contribution is 0.0779. The van der Waals surface area contributed by atoms with Gasteiger partial charge in [-0.2, -0.15) is 10.2 Å². The van der Waals surface area contributed by atoms with Gasteiger partial charge < -0.3 is 4.90 Å². The molecule has 0 aliphatic heterocycles. The van der Waals surface area contributed by atoms with Crippen LogP contribution >= 0.6 is 11.6 Å². The van der Waals surface area contributed by atoms with Crippen LogP contribution in [-0.2, 0) is 12.0 Å². The molecule has 2 aromatic heterocycles. The summed E-state index contributed by atoms with van der Waals surface area (Å²) >= 11 is 6.03. The van der Waals surface area contributed by atoms with Crippen molar-refractivity contribution < 1.29 is 4.79 Å². The molecule has 0 atom stereocenters. The summed E-state index contributed by atoms with van der Waals surface area (Å²) < 4.78 is 1.75. The van der Waals surface area contributed by atoms with Gasteiger partial charge in [-0.3, -0.25) is 9.89 Å². The maximum atomic E-state index is 12.6. The second-order valence-corrected chi connectivity index (χ2v) is 7.60. The SMILES string of the molecule is CN(Cc1cnn(-c2cccc(Cl)c2)c1)C(=O)c1cc(C2(C)CC2)[nH]n1. The second-order valence-electron chi connectivity index (χ2n) is 7.16. The van der Waals surface area contributed by atoms with Crippen molar-refractivity contribution in [2.75, 3.05) is 7.05 Å². The third kappa shape index (κ3) is 3.24. The van der Waals surface area contributed by atoms with Crippen LogP contribution in [0.5, 0.6) is 0 Å². The van der Waals surface area contributed by atoms with Gasteiger partial charge in [0.2, 0.25) is 0 Å². The Kier molecular flexibility index (Phi) is 4.07. The van der Waals surface area contributed by atoms with Gasteiger partial charge in [0, 0.05) is 41.5 Å². The largest absolute Gasteiger partial charge is 0.336 e. The third-order valence-electron chi connectivity index (χ3n) is 4.92. The summed E-state index contributed by atoms with van der Waals surface area (Å²) in [6, 6.07) is 9.35. The van der Waals surface area contributed by atoms with Crippen molar-refractivity contribution >= 4 is 17.5 Å². The first-order valence-electron chi connectivity index (χ1n) is 8.55. The summed E-state index contributed by atoms with van der Waals surface area (Å²) in [6.45, 7) is 2.64. The van der Waals surface area contributed by atoms with Crippen LogP contribution in [0, 0.1) is 0 Å². The number of nitrogens with zero attached hydrogens (tertiary/aromatic N) is 4. The molecule has 0 spiro atoms. The third-order valence-corrected chi connectivity index (χ3v) is 5.16. The number of amides is 1. The molecule has 1 aliphatic carbocycles. The molecule has 0 radical (unpaired) electrons. The van der Waals surface area contributed by atoms with Crippen LogP contribution in [-0.4, -0.2) is 37.8 Å². The number of aromatic amines is 1. The van der Waals surface area contributed by atoms with Crippen LogP contribution in [0.2, 0.25) is 5.02 Å². The van der Waals surface area contributed by atoms with Gasteiger partial charge in [0.15, 0.2) is 0 Å². The first-order chi connectivity index (χ1) is 12.4. The van der Waals surface area contributed by atoms with E-state index in [-0.39, 0.29) is 11.3 Å². The molecule has 1 aliphatic rings. The second kappa shape index (κ2) is 6.29. The highest BCUT2D eigenvalue weighted by atomic mass is 35.5. The molecule has 6 nitrogen and oxygen atoms in total. The van der Waals surface area contributed by atoms with Crippen LogP contribution in [0.25, 0.3) is 5.69 Å². The molecule has 7 heteroatoms. The van der Waals surface area contributed by atoms with Crippen molar-refractivity contribution in [3.8, 4) is 5.69 Å². The molecular formula is C19H20ClN5O. The first kappa shape index (κ1) is 16.8. The summed E-state index contributed by atoms with van der Waals surface area (Å²) in [5.41, 5.74) is 3.49. The Bertz CT molecular complexity index is 956. The number of H-pyrrole nitrogens is 1. The van der Waals surface area contributed by atoms with Crippen molar-refractivity contribution in [1.29, 1.82) is 0 Å². The van der Waals surface area contributed by atoms with E-state index >= 15 is 0 Å². The molecule has 1 fully saturated rings. The Morgan fingerprint density at radius 3 is 2.92 bits per heavy atom. The fourth-order valence-corrected chi connectivity index (χ4v) is 3.12. The normalized spacial score (nSPS) is 15.0. The molecule has 4 rings (SSSR count). The van der Waals surface area contributed by atoms with Crippen molar-refractivity contribution in [1.82, 2.24) is 24.9 Å². The molecule has 3 aromatic rings. The van der Waals surface area contributed by atoms with Gasteiger partial charge in [-0.05, 0) is 37.1 Å². The van der Waals surface area contributed by atoms with Gasteiger partial charge in [0.1, 0.15) is 5.69 Å². The lowest BCUT2D eigenvalue weighted by atomic mass is 10.1. The Balaban J connectivity index is 1.45. The Morgan fingerprint density at radius 1 is 1.38 bits per heavy atom. The molecule has 134 valence electrons. The number of nitrogens with one attached hydrogen (secondary N) is 1. The number of carbonyl (C=O) groups excluding carboxylic acids is 1. The number of rotatable bonds is 5. The zero-order chi connectivity index (χ0) is 18.3. The van der Waals surface area contributed by atoms with Crippen molar-refractivity contribution in [3.05, 3.63) is 64.7 Å². The van der Waals surface area contributed by atoms with Crippen molar-refractivity contribution in [2.45, 2.75) is 31.7 Å². The molecule has 26 heavy (non-hydrogen) atoms. The first-order valence-corrected chi connectivity index (χ1v) is 8.93. The van der Waals surface area contributed by atoms with Crippen LogP contribution in [0.4, 0.5) is 0 Å². The van der Waals surface area contributed by atoms with E-state index in [4.69, 9.17) is 11.6 Å². The minimum absolute atomic E-state index is 0.104. The standard InChI is InChI=1S/C19H20ClN5O/c1-19(6-7-19)17-9-16(22-23-17)18(26)24(2)11-13-10-21-25(12-13)15-5-3-4-14(20)8-15/h3-5,8-10,12H,6-7,11H2,1-2H3,(H,22,23). The van der Waals surface area contributed by atoms with E-state index < -0.39 is 0 Å². The summed E-state index contributed by atoms with van der Waals surface area (Å²) in [5, 5.41) is 12.2. The molecular weight excluding hydrogens is 350 g/mol. The number of benzene rings is 1. The Hall–Kier alpha value is -2.60. The highest BCUT2D eigenvalue weighted by molar-refractivity contribution is 6.30. The van der Waals surface area contributed by atoms with Crippen molar-refractivity contribution in [3.63, 3.8) is 0 Å². The molecule has 1 amide bonds. The minimum atomic E-state index is -0.104. The predicted molar refractivity (Wildman–Crippen MR) is 99.5 cm³/mol. The summed E-state index contributed by atoms with van der Waals surface area (Å²) in [5.74, 6) is -0.104. The van der Waals surface area contributed by atoms with E-state index in [1.165, 1.54) is 0 Å². The van der Waals surface area contributed by atoms with Gasteiger partial charge in [-0.25, -0.2) is 4.68 Å². The molecule has 1 saturated carbocycles. The molecule has 1 aromatic carbocycles. The monoisotopic (exact) mass is 369 g/mol. The van der Waals surface area contributed by atoms with E-state index in [0.717, 1.165) is 29.8 Å². The Morgan fingerprint density at radius 2 is 2.19 bits per heavy atom. The fourth-order valence-electron chi connectivity index (χ4n) is 2.94. The maximum absolute atomic E-state index is 12.6. The highest BCUT2D eigenvalue weighted by Crippen LogP contribution is 2.46. The highest BCUT2D eigenvalue weighted by Gasteiger charge is 2.41. The quantitative estimate of drug-likeness (QED) is 0.747. The number of hydrogen-bond acceptors (Lipinski definition) is 3. The van der Waals surface area contributed by atoms with Crippen LogP contribution in [0.3, 0.4) is 0 Å². The number of aromatic nitrogens is 4. The minimum Gasteiger partial charge on any atom is -0.336 e. The average molecular weight is 370 g/mol. The molecule has 0 saturated heterocycles. The van der Waals surface area contributed by atoms with Crippen LogP contribution in [0.1, 0.15) is 41.5 Å². The van der Waals surface area contributed by atoms with E-state index in [0.29, 0.717) is 17.3 Å². The molecule has 0 unspecified atom stereocenters. The van der Waals surface area contributed by atoms with E-state index in [2.05, 4.69) is 22.2 Å². The predicted octanol–water partition coefficient (Wildman–Crippen LogP) is 3.57. The van der Waals surface area contributed by atoms with E-state index in [9.17, 15) is 4.79 Å². The number of halogens is 1. The molecule has 2 heterocycles. The molecule has 0 bridgehead atoms. The number of carbonyl (C=O) groups is 1. The average Bonchev–Trinajstić information content (AvgIpc) is 3.06.